The smallest absolute Gasteiger partial charge is 0.243 e. The summed E-state index contributed by atoms with van der Waals surface area (Å²) in [6.07, 6.45) is 0.234. The van der Waals surface area contributed by atoms with Gasteiger partial charge in [0.2, 0.25) is 10.0 Å². The van der Waals surface area contributed by atoms with Gasteiger partial charge in [-0.2, -0.15) is 4.31 Å². The van der Waals surface area contributed by atoms with E-state index in [9.17, 15) is 8.42 Å². The first-order chi connectivity index (χ1) is 9.96. The number of fused-ring (bicyclic) bond motifs is 1. The van der Waals surface area contributed by atoms with Crippen LogP contribution in [0.2, 0.25) is 0 Å². The van der Waals surface area contributed by atoms with Crippen LogP contribution < -0.4 is 5.73 Å². The molecule has 6 heteroatoms. The van der Waals surface area contributed by atoms with Gasteiger partial charge in [0.15, 0.2) is 0 Å². The average molecular weight is 305 g/mol. The van der Waals surface area contributed by atoms with E-state index in [1.807, 2.05) is 24.3 Å². The predicted octanol–water partition coefficient (Wildman–Crippen LogP) is 2.18. The third-order valence-electron chi connectivity index (χ3n) is 3.35. The number of hydrogen-bond donors (Lipinski definition) is 2. The van der Waals surface area contributed by atoms with Gasteiger partial charge in [-0.1, -0.05) is 43.3 Å². The second-order valence-corrected chi connectivity index (χ2v) is 6.66. The van der Waals surface area contributed by atoms with E-state index in [2.05, 4.69) is 0 Å². The number of nitrogens with zero attached hydrogens (tertiary/aromatic N) is 1. The van der Waals surface area contributed by atoms with Crippen LogP contribution in [0, 0.1) is 5.41 Å². The summed E-state index contributed by atoms with van der Waals surface area (Å²) in [5, 5.41) is 8.86. The van der Waals surface area contributed by atoms with Gasteiger partial charge in [0, 0.05) is 24.9 Å². The van der Waals surface area contributed by atoms with Crippen molar-refractivity contribution in [3.63, 3.8) is 0 Å². The molecule has 0 saturated heterocycles. The van der Waals surface area contributed by atoms with E-state index in [1.165, 1.54) is 4.31 Å². The van der Waals surface area contributed by atoms with Crippen LogP contribution in [0.5, 0.6) is 0 Å². The molecule has 0 radical (unpaired) electrons. The number of amidine groups is 1. The van der Waals surface area contributed by atoms with Gasteiger partial charge >= 0.3 is 0 Å². The minimum absolute atomic E-state index is 0.0124. The van der Waals surface area contributed by atoms with Gasteiger partial charge in [0.05, 0.1) is 10.7 Å². The molecule has 0 aliphatic heterocycles. The number of nitrogens with one attached hydrogen (secondary N) is 1. The fourth-order valence-corrected chi connectivity index (χ4v) is 3.92. The molecule has 0 saturated carbocycles. The third-order valence-corrected chi connectivity index (χ3v) is 5.38. The highest BCUT2D eigenvalue weighted by molar-refractivity contribution is 7.89. The molecule has 0 heterocycles. The molecule has 0 spiro atoms. The first-order valence-electron chi connectivity index (χ1n) is 6.77. The van der Waals surface area contributed by atoms with Crippen molar-refractivity contribution < 1.29 is 8.42 Å². The van der Waals surface area contributed by atoms with E-state index in [4.69, 9.17) is 11.1 Å². The van der Waals surface area contributed by atoms with Gasteiger partial charge in [-0.15, -0.1) is 0 Å². The fraction of sp³-hybridized carbons (Fsp3) is 0.267. The number of nitrogens with two attached hydrogens (primary N) is 1. The number of benzene rings is 2. The molecule has 112 valence electrons. The zero-order valence-corrected chi connectivity index (χ0v) is 12.7. The van der Waals surface area contributed by atoms with E-state index in [-0.39, 0.29) is 18.8 Å². The van der Waals surface area contributed by atoms with Gasteiger partial charge in [-0.3, -0.25) is 5.41 Å². The van der Waals surface area contributed by atoms with Gasteiger partial charge in [-0.05, 0) is 11.5 Å². The Morgan fingerprint density at radius 2 is 1.86 bits per heavy atom. The van der Waals surface area contributed by atoms with Gasteiger partial charge in [0.25, 0.3) is 0 Å². The zero-order valence-electron chi connectivity index (χ0n) is 11.9. The summed E-state index contributed by atoms with van der Waals surface area (Å²) in [4.78, 5) is 0.297. The second kappa shape index (κ2) is 6.24. The Bertz CT molecular complexity index is 751. The predicted molar refractivity (Wildman–Crippen MR) is 84.9 cm³/mol. The molecule has 5 nitrogen and oxygen atoms in total. The van der Waals surface area contributed by atoms with Crippen LogP contribution in [0.3, 0.4) is 0 Å². The quantitative estimate of drug-likeness (QED) is 0.633. The van der Waals surface area contributed by atoms with Crippen molar-refractivity contribution in [2.75, 3.05) is 13.1 Å². The van der Waals surface area contributed by atoms with Crippen LogP contribution in [0.15, 0.2) is 47.4 Å². The monoisotopic (exact) mass is 305 g/mol. The molecule has 0 bridgehead atoms. The molecule has 0 atom stereocenters. The summed E-state index contributed by atoms with van der Waals surface area (Å²) in [5.41, 5.74) is 5.33. The molecule has 0 fully saturated rings. The minimum atomic E-state index is -3.59. The van der Waals surface area contributed by atoms with Crippen LogP contribution in [0.25, 0.3) is 10.8 Å². The van der Waals surface area contributed by atoms with Crippen molar-refractivity contribution in [3.05, 3.63) is 42.5 Å². The highest BCUT2D eigenvalue weighted by atomic mass is 32.2. The third kappa shape index (κ3) is 3.22. The van der Waals surface area contributed by atoms with Crippen LogP contribution in [0.4, 0.5) is 0 Å². The Morgan fingerprint density at radius 1 is 1.19 bits per heavy atom. The highest BCUT2D eigenvalue weighted by Crippen LogP contribution is 2.25. The summed E-state index contributed by atoms with van der Waals surface area (Å²) in [5.74, 6) is -0.0124. The topological polar surface area (TPSA) is 87.2 Å². The van der Waals surface area contributed by atoms with Crippen molar-refractivity contribution >= 4 is 26.6 Å². The first-order valence-corrected chi connectivity index (χ1v) is 8.21. The normalized spacial score (nSPS) is 11.9. The van der Waals surface area contributed by atoms with Crippen molar-refractivity contribution in [1.29, 1.82) is 5.41 Å². The zero-order chi connectivity index (χ0) is 15.5. The molecule has 0 amide bonds. The molecular weight excluding hydrogens is 286 g/mol. The molecular formula is C15H19N3O2S. The first kappa shape index (κ1) is 15.5. The van der Waals surface area contributed by atoms with Crippen molar-refractivity contribution in [2.24, 2.45) is 5.73 Å². The summed E-state index contributed by atoms with van der Waals surface area (Å²) < 4.78 is 27.0. The number of rotatable bonds is 6. The van der Waals surface area contributed by atoms with Crippen molar-refractivity contribution in [1.82, 2.24) is 4.31 Å². The minimum Gasteiger partial charge on any atom is -0.388 e. The van der Waals surface area contributed by atoms with Crippen molar-refractivity contribution in [3.8, 4) is 0 Å². The summed E-state index contributed by atoms with van der Waals surface area (Å²) in [6, 6.07) is 12.7. The van der Waals surface area contributed by atoms with E-state index in [1.54, 1.807) is 25.1 Å². The molecule has 21 heavy (non-hydrogen) atoms. The molecule has 2 aromatic carbocycles. The molecule has 3 N–H and O–H groups in total. The number of hydrogen-bond acceptors (Lipinski definition) is 3. The Hall–Kier alpha value is -1.92. The van der Waals surface area contributed by atoms with Gasteiger partial charge < -0.3 is 5.73 Å². The van der Waals surface area contributed by atoms with E-state index >= 15 is 0 Å². The summed E-state index contributed by atoms with van der Waals surface area (Å²) in [6.45, 7) is 2.35. The Kier molecular flexibility index (Phi) is 4.59. The Morgan fingerprint density at radius 3 is 2.52 bits per heavy atom. The maximum atomic E-state index is 12.8. The Labute approximate surface area is 124 Å². The van der Waals surface area contributed by atoms with Gasteiger partial charge in [0.1, 0.15) is 0 Å². The molecule has 0 aromatic heterocycles. The lowest BCUT2D eigenvalue weighted by molar-refractivity contribution is 0.437. The lowest BCUT2D eigenvalue weighted by atomic mass is 10.1. The largest absolute Gasteiger partial charge is 0.388 e. The maximum Gasteiger partial charge on any atom is 0.243 e. The van der Waals surface area contributed by atoms with Crippen LogP contribution in [-0.4, -0.2) is 31.6 Å². The summed E-state index contributed by atoms with van der Waals surface area (Å²) in [7, 11) is -3.59. The average Bonchev–Trinajstić information content (AvgIpc) is 2.46. The standard InChI is InChI=1S/C15H19N3O2S/c1-2-18(11-10-15(16)17)21(19,20)14-9-5-7-12-6-3-4-8-13(12)14/h3-9H,2,10-11H2,1H3,(H3,16,17). The number of sulfonamides is 1. The molecule has 2 rings (SSSR count). The van der Waals surface area contributed by atoms with E-state index in [0.717, 1.165) is 5.39 Å². The molecule has 0 aliphatic rings. The Balaban J connectivity index is 2.47. The fourth-order valence-electron chi connectivity index (χ4n) is 2.25. The van der Waals surface area contributed by atoms with Gasteiger partial charge in [-0.25, -0.2) is 8.42 Å². The highest BCUT2D eigenvalue weighted by Gasteiger charge is 2.24. The maximum absolute atomic E-state index is 12.8. The SMILES string of the molecule is CCN(CCC(=N)N)S(=O)(=O)c1cccc2ccccc12. The lowest BCUT2D eigenvalue weighted by Crippen LogP contribution is -2.33. The molecule has 0 unspecified atom stereocenters. The molecule has 0 aliphatic carbocycles. The van der Waals surface area contributed by atoms with Crippen LogP contribution in [-0.2, 0) is 10.0 Å². The summed E-state index contributed by atoms with van der Waals surface area (Å²) >= 11 is 0. The van der Waals surface area contributed by atoms with E-state index in [0.29, 0.717) is 16.8 Å². The second-order valence-electron chi connectivity index (χ2n) is 4.75. The van der Waals surface area contributed by atoms with Crippen LogP contribution >= 0.6 is 0 Å². The lowest BCUT2D eigenvalue weighted by Gasteiger charge is -2.21. The van der Waals surface area contributed by atoms with Crippen LogP contribution in [0.1, 0.15) is 13.3 Å². The molecule has 2 aromatic rings. The van der Waals surface area contributed by atoms with Crippen molar-refractivity contribution in [2.45, 2.75) is 18.2 Å². The van der Waals surface area contributed by atoms with E-state index < -0.39 is 10.0 Å².